The Morgan fingerprint density at radius 1 is 1.37 bits per heavy atom. The molecule has 0 N–H and O–H groups in total. The Balaban J connectivity index is 1.91. The maximum Gasteiger partial charge on any atom is 0.260 e. The third kappa shape index (κ3) is 3.90. The first-order valence-electron chi connectivity index (χ1n) is 6.28. The van der Waals surface area contributed by atoms with Crippen LogP contribution in [0.25, 0.3) is 0 Å². The summed E-state index contributed by atoms with van der Waals surface area (Å²) >= 11 is 1.88. The normalized spacial score (nSPS) is 15.4. The summed E-state index contributed by atoms with van der Waals surface area (Å²) in [4.78, 5) is 13.9. The van der Waals surface area contributed by atoms with Crippen molar-refractivity contribution in [3.8, 4) is 11.8 Å². The molecule has 1 amide bonds. The van der Waals surface area contributed by atoms with Gasteiger partial charge in [0, 0.05) is 18.8 Å². The topological polar surface area (TPSA) is 53.3 Å². The lowest BCUT2D eigenvalue weighted by Gasteiger charge is -2.20. The zero-order valence-electron chi connectivity index (χ0n) is 10.7. The number of amides is 1. The van der Waals surface area contributed by atoms with Crippen LogP contribution in [-0.2, 0) is 4.79 Å². The van der Waals surface area contributed by atoms with Crippen LogP contribution in [0.15, 0.2) is 24.3 Å². The van der Waals surface area contributed by atoms with Gasteiger partial charge in [0.2, 0.25) is 0 Å². The number of ether oxygens (including phenoxy) is 1. The number of hydrogen-bond donors (Lipinski definition) is 0. The van der Waals surface area contributed by atoms with Gasteiger partial charge in [-0.2, -0.15) is 17.0 Å². The SMILES string of the molecule is N#Cc1ccccc1OCC(=O)N1CCCSCC1. The molecule has 0 atom stereocenters. The molecule has 4 nitrogen and oxygen atoms in total. The molecule has 19 heavy (non-hydrogen) atoms. The van der Waals surface area contributed by atoms with Crippen LogP contribution in [-0.4, -0.2) is 42.0 Å². The number of thioether (sulfide) groups is 1. The lowest BCUT2D eigenvalue weighted by Crippen LogP contribution is -2.36. The maximum absolute atomic E-state index is 12.0. The van der Waals surface area contributed by atoms with E-state index in [2.05, 4.69) is 6.07 Å². The largest absolute Gasteiger partial charge is 0.482 e. The highest BCUT2D eigenvalue weighted by atomic mass is 32.2. The fraction of sp³-hybridized carbons (Fsp3) is 0.429. The van der Waals surface area contributed by atoms with Crippen molar-refractivity contribution in [2.24, 2.45) is 0 Å². The lowest BCUT2D eigenvalue weighted by molar-refractivity contribution is -0.133. The van der Waals surface area contributed by atoms with Crippen LogP contribution in [0.2, 0.25) is 0 Å². The van der Waals surface area contributed by atoms with Crippen molar-refractivity contribution in [1.82, 2.24) is 4.90 Å². The molecule has 0 bridgehead atoms. The summed E-state index contributed by atoms with van der Waals surface area (Å²) in [5.74, 6) is 2.57. The summed E-state index contributed by atoms with van der Waals surface area (Å²) in [5, 5.41) is 8.94. The van der Waals surface area contributed by atoms with E-state index in [1.807, 2.05) is 16.7 Å². The fourth-order valence-electron chi connectivity index (χ4n) is 1.91. The monoisotopic (exact) mass is 276 g/mol. The van der Waals surface area contributed by atoms with Crippen molar-refractivity contribution in [1.29, 1.82) is 5.26 Å². The van der Waals surface area contributed by atoms with E-state index in [9.17, 15) is 4.79 Å². The summed E-state index contributed by atoms with van der Waals surface area (Å²) in [6.45, 7) is 1.59. The molecule has 1 aliphatic rings. The van der Waals surface area contributed by atoms with Gasteiger partial charge in [-0.1, -0.05) is 12.1 Å². The minimum atomic E-state index is -0.00440. The summed E-state index contributed by atoms with van der Waals surface area (Å²) < 4.78 is 5.46. The second-order valence-corrected chi connectivity index (χ2v) is 5.47. The average molecular weight is 276 g/mol. The van der Waals surface area contributed by atoms with Crippen LogP contribution in [0, 0.1) is 11.3 Å². The predicted octanol–water partition coefficient (Wildman–Crippen LogP) is 1.90. The van der Waals surface area contributed by atoms with Gasteiger partial charge in [0.05, 0.1) is 5.56 Å². The minimum absolute atomic E-state index is 0.00333. The molecular formula is C14H16N2O2S. The van der Waals surface area contributed by atoms with E-state index < -0.39 is 0 Å². The van der Waals surface area contributed by atoms with Crippen LogP contribution >= 0.6 is 11.8 Å². The molecule has 1 aromatic rings. The van der Waals surface area contributed by atoms with Crippen LogP contribution in [0.4, 0.5) is 0 Å². The zero-order chi connectivity index (χ0) is 13.5. The number of nitrogens with zero attached hydrogens (tertiary/aromatic N) is 2. The summed E-state index contributed by atoms with van der Waals surface area (Å²) in [5.41, 5.74) is 0.460. The third-order valence-corrected chi connectivity index (χ3v) is 3.98. The second-order valence-electron chi connectivity index (χ2n) is 4.24. The summed E-state index contributed by atoms with van der Waals surface area (Å²) in [7, 11) is 0. The second kappa shape index (κ2) is 7.05. The Hall–Kier alpha value is -1.67. The number of carbonyl (C=O) groups is 1. The van der Waals surface area contributed by atoms with Gasteiger partial charge in [-0.05, 0) is 24.3 Å². The van der Waals surface area contributed by atoms with Crippen molar-refractivity contribution < 1.29 is 9.53 Å². The highest BCUT2D eigenvalue weighted by Gasteiger charge is 2.16. The lowest BCUT2D eigenvalue weighted by atomic mass is 10.2. The van der Waals surface area contributed by atoms with Crippen LogP contribution in [0.3, 0.4) is 0 Å². The molecule has 1 fully saturated rings. The van der Waals surface area contributed by atoms with Gasteiger partial charge in [-0.25, -0.2) is 0 Å². The first-order chi connectivity index (χ1) is 9.31. The van der Waals surface area contributed by atoms with E-state index in [1.54, 1.807) is 24.3 Å². The molecule has 0 radical (unpaired) electrons. The molecule has 5 heteroatoms. The molecule has 1 aliphatic heterocycles. The standard InChI is InChI=1S/C14H16N2O2S/c15-10-12-4-1-2-5-13(12)18-11-14(17)16-6-3-8-19-9-7-16/h1-2,4-5H,3,6-9,11H2. The van der Waals surface area contributed by atoms with Gasteiger partial charge >= 0.3 is 0 Å². The Bertz CT molecular complexity index is 477. The van der Waals surface area contributed by atoms with E-state index in [0.717, 1.165) is 31.0 Å². The van der Waals surface area contributed by atoms with Gasteiger partial charge in [0.25, 0.3) is 5.91 Å². The molecule has 0 aliphatic carbocycles. The first-order valence-corrected chi connectivity index (χ1v) is 7.44. The quantitative estimate of drug-likeness (QED) is 0.846. The van der Waals surface area contributed by atoms with Gasteiger partial charge in [0.1, 0.15) is 11.8 Å². The number of hydrogen-bond acceptors (Lipinski definition) is 4. The van der Waals surface area contributed by atoms with Gasteiger partial charge in [-0.3, -0.25) is 4.79 Å². The minimum Gasteiger partial charge on any atom is -0.482 e. The Labute approximate surface area is 117 Å². The van der Waals surface area contributed by atoms with Crippen molar-refractivity contribution >= 4 is 17.7 Å². The highest BCUT2D eigenvalue weighted by molar-refractivity contribution is 7.99. The molecule has 0 unspecified atom stereocenters. The maximum atomic E-state index is 12.0. The summed E-state index contributed by atoms with van der Waals surface area (Å²) in [6.07, 6.45) is 1.03. The van der Waals surface area contributed by atoms with Crippen LogP contribution in [0.5, 0.6) is 5.75 Å². The van der Waals surface area contributed by atoms with Gasteiger partial charge < -0.3 is 9.64 Å². The van der Waals surface area contributed by atoms with Crippen molar-refractivity contribution in [3.05, 3.63) is 29.8 Å². The van der Waals surface area contributed by atoms with E-state index in [4.69, 9.17) is 10.00 Å². The number of rotatable bonds is 3. The van der Waals surface area contributed by atoms with Crippen molar-refractivity contribution in [3.63, 3.8) is 0 Å². The van der Waals surface area contributed by atoms with Crippen molar-refractivity contribution in [2.45, 2.75) is 6.42 Å². The molecule has 1 aromatic carbocycles. The molecular weight excluding hydrogens is 260 g/mol. The Morgan fingerprint density at radius 2 is 2.21 bits per heavy atom. The molecule has 1 saturated heterocycles. The van der Waals surface area contributed by atoms with Crippen LogP contribution in [0.1, 0.15) is 12.0 Å². The number of nitriles is 1. The third-order valence-electron chi connectivity index (χ3n) is 2.93. The molecule has 0 aromatic heterocycles. The fourth-order valence-corrected chi connectivity index (χ4v) is 2.80. The van der Waals surface area contributed by atoms with Gasteiger partial charge in [0.15, 0.2) is 6.61 Å². The van der Waals surface area contributed by atoms with E-state index >= 15 is 0 Å². The van der Waals surface area contributed by atoms with Gasteiger partial charge in [-0.15, -0.1) is 0 Å². The van der Waals surface area contributed by atoms with E-state index in [1.165, 1.54) is 0 Å². The Morgan fingerprint density at radius 3 is 3.05 bits per heavy atom. The molecule has 2 rings (SSSR count). The Kier molecular flexibility index (Phi) is 5.10. The van der Waals surface area contributed by atoms with Crippen molar-refractivity contribution in [2.75, 3.05) is 31.2 Å². The predicted molar refractivity (Wildman–Crippen MR) is 75.2 cm³/mol. The highest BCUT2D eigenvalue weighted by Crippen LogP contribution is 2.17. The molecule has 100 valence electrons. The number of benzene rings is 1. The average Bonchev–Trinajstić information content (AvgIpc) is 2.74. The summed E-state index contributed by atoms with van der Waals surface area (Å²) in [6, 6.07) is 9.02. The number of para-hydroxylation sites is 1. The molecule has 1 heterocycles. The molecule has 0 spiro atoms. The van der Waals surface area contributed by atoms with E-state index in [0.29, 0.717) is 11.3 Å². The first kappa shape index (κ1) is 13.8. The van der Waals surface area contributed by atoms with E-state index in [-0.39, 0.29) is 12.5 Å². The zero-order valence-corrected chi connectivity index (χ0v) is 11.5. The smallest absolute Gasteiger partial charge is 0.260 e. The van der Waals surface area contributed by atoms with Crippen LogP contribution < -0.4 is 4.74 Å². The number of carbonyl (C=O) groups excluding carboxylic acids is 1. The molecule has 0 saturated carbocycles.